The highest BCUT2D eigenvalue weighted by molar-refractivity contribution is 7.99. The third-order valence-corrected chi connectivity index (χ3v) is 6.00. The number of piperidine rings is 1. The molecule has 1 amide bonds. The van der Waals surface area contributed by atoms with Gasteiger partial charge in [-0.15, -0.1) is 11.8 Å². The molecule has 0 saturated carbocycles. The summed E-state index contributed by atoms with van der Waals surface area (Å²) in [6.45, 7) is 2.69. The van der Waals surface area contributed by atoms with Crippen LogP contribution < -0.4 is 5.32 Å². The standard InChI is InChI=1S/C22H29N3O4S/c26-19-6-9-25(10-7-19)14-17-5-8-23-18(12-17)3-4-20(27)13-24-22(28)16-30-15-21-2-1-11-29-21/h1-2,5,8,11-12,19,26H,3-4,6-7,9-10,13-16H2,(H,24,28). The van der Waals surface area contributed by atoms with E-state index in [9.17, 15) is 14.7 Å². The van der Waals surface area contributed by atoms with Crippen LogP contribution in [-0.4, -0.2) is 58.2 Å². The fourth-order valence-corrected chi connectivity index (χ4v) is 4.10. The van der Waals surface area contributed by atoms with Crippen molar-refractivity contribution in [1.29, 1.82) is 0 Å². The molecule has 2 aromatic heterocycles. The summed E-state index contributed by atoms with van der Waals surface area (Å²) >= 11 is 1.45. The molecule has 2 aromatic rings. The highest BCUT2D eigenvalue weighted by atomic mass is 32.2. The molecule has 0 aliphatic carbocycles. The average Bonchev–Trinajstić information content (AvgIpc) is 3.26. The maximum absolute atomic E-state index is 12.1. The van der Waals surface area contributed by atoms with Gasteiger partial charge in [0.25, 0.3) is 0 Å². The molecule has 3 heterocycles. The molecule has 1 saturated heterocycles. The molecule has 0 radical (unpaired) electrons. The molecule has 162 valence electrons. The normalized spacial score (nSPS) is 15.2. The van der Waals surface area contributed by atoms with E-state index in [1.54, 1.807) is 12.5 Å². The highest BCUT2D eigenvalue weighted by Crippen LogP contribution is 2.14. The van der Waals surface area contributed by atoms with Crippen molar-refractivity contribution >= 4 is 23.5 Å². The Kier molecular flexibility index (Phi) is 8.92. The van der Waals surface area contributed by atoms with Crippen LogP contribution in [0.3, 0.4) is 0 Å². The number of pyridine rings is 1. The number of carbonyl (C=O) groups excluding carboxylic acids is 2. The Morgan fingerprint density at radius 2 is 2.13 bits per heavy atom. The lowest BCUT2D eigenvalue weighted by atomic mass is 10.1. The Balaban J connectivity index is 1.32. The number of aryl methyl sites for hydroxylation is 1. The molecule has 2 N–H and O–H groups in total. The van der Waals surface area contributed by atoms with E-state index < -0.39 is 0 Å². The quantitative estimate of drug-likeness (QED) is 0.563. The molecule has 8 heteroatoms. The van der Waals surface area contributed by atoms with Gasteiger partial charge in [0.2, 0.25) is 5.91 Å². The van der Waals surface area contributed by atoms with E-state index in [0.29, 0.717) is 24.3 Å². The number of carbonyl (C=O) groups is 2. The van der Waals surface area contributed by atoms with E-state index in [1.165, 1.54) is 17.3 Å². The number of ketones is 1. The van der Waals surface area contributed by atoms with Crippen molar-refractivity contribution < 1.29 is 19.1 Å². The summed E-state index contributed by atoms with van der Waals surface area (Å²) in [5.41, 5.74) is 2.06. The molecular formula is C22H29N3O4S. The van der Waals surface area contributed by atoms with E-state index in [4.69, 9.17) is 4.42 Å². The van der Waals surface area contributed by atoms with E-state index in [1.807, 2.05) is 24.3 Å². The summed E-state index contributed by atoms with van der Waals surface area (Å²) in [7, 11) is 0. The van der Waals surface area contributed by atoms with Crippen LogP contribution in [0.4, 0.5) is 0 Å². The largest absolute Gasteiger partial charge is 0.468 e. The Bertz CT molecular complexity index is 804. The monoisotopic (exact) mass is 431 g/mol. The third kappa shape index (κ3) is 7.93. The van der Waals surface area contributed by atoms with Gasteiger partial charge in [-0.05, 0) is 49.1 Å². The number of furan rings is 1. The first-order chi connectivity index (χ1) is 14.6. The van der Waals surface area contributed by atoms with Gasteiger partial charge in [0.15, 0.2) is 5.78 Å². The van der Waals surface area contributed by atoms with Gasteiger partial charge in [-0.2, -0.15) is 0 Å². The molecule has 0 spiro atoms. The molecule has 0 atom stereocenters. The summed E-state index contributed by atoms with van der Waals surface area (Å²) in [5.74, 6) is 1.61. The second-order valence-corrected chi connectivity index (χ2v) is 8.54. The van der Waals surface area contributed by atoms with Crippen LogP contribution in [0, 0.1) is 0 Å². The predicted octanol–water partition coefficient (Wildman–Crippen LogP) is 2.18. The van der Waals surface area contributed by atoms with Gasteiger partial charge in [-0.1, -0.05) is 0 Å². The van der Waals surface area contributed by atoms with Gasteiger partial charge >= 0.3 is 0 Å². The van der Waals surface area contributed by atoms with Crippen molar-refractivity contribution in [3.63, 3.8) is 0 Å². The first-order valence-electron chi connectivity index (χ1n) is 10.3. The minimum atomic E-state index is -0.171. The number of aliphatic hydroxyl groups is 1. The Labute approximate surface area is 181 Å². The number of hydrogen-bond donors (Lipinski definition) is 2. The topological polar surface area (TPSA) is 95.7 Å². The third-order valence-electron chi connectivity index (χ3n) is 5.04. The summed E-state index contributed by atoms with van der Waals surface area (Å²) in [6, 6.07) is 7.73. The number of hydrogen-bond acceptors (Lipinski definition) is 7. The molecule has 7 nitrogen and oxygen atoms in total. The maximum atomic E-state index is 12.1. The van der Waals surface area contributed by atoms with Gasteiger partial charge in [-0.3, -0.25) is 19.5 Å². The van der Waals surface area contributed by atoms with Crippen LogP contribution in [0.15, 0.2) is 41.1 Å². The molecule has 0 unspecified atom stereocenters. The van der Waals surface area contributed by atoms with Crippen LogP contribution in [0.25, 0.3) is 0 Å². The zero-order chi connectivity index (χ0) is 21.2. The van der Waals surface area contributed by atoms with Gasteiger partial charge < -0.3 is 14.8 Å². The fraction of sp³-hybridized carbons (Fsp3) is 0.500. The number of aliphatic hydroxyl groups excluding tert-OH is 1. The number of nitrogens with zero attached hydrogens (tertiary/aromatic N) is 2. The van der Waals surface area contributed by atoms with Crippen molar-refractivity contribution in [2.75, 3.05) is 25.4 Å². The summed E-state index contributed by atoms with van der Waals surface area (Å²) < 4.78 is 5.22. The first-order valence-corrected chi connectivity index (χ1v) is 11.5. The first kappa shape index (κ1) is 22.5. The molecule has 3 rings (SSSR count). The SMILES string of the molecule is O=C(CCc1cc(CN2CCC(O)CC2)ccn1)CNC(=O)CSCc1ccco1. The second kappa shape index (κ2) is 11.9. The van der Waals surface area contributed by atoms with Crippen molar-refractivity contribution in [2.24, 2.45) is 0 Å². The number of Topliss-reactive ketones (excluding diaryl/α,β-unsaturated/α-hetero) is 1. The van der Waals surface area contributed by atoms with E-state index in [0.717, 1.165) is 43.9 Å². The molecular weight excluding hydrogens is 402 g/mol. The van der Waals surface area contributed by atoms with E-state index in [-0.39, 0.29) is 24.3 Å². The van der Waals surface area contributed by atoms with Gasteiger partial charge in [0.1, 0.15) is 5.76 Å². The average molecular weight is 432 g/mol. The Morgan fingerprint density at radius 3 is 2.90 bits per heavy atom. The van der Waals surface area contributed by atoms with Crippen LogP contribution >= 0.6 is 11.8 Å². The van der Waals surface area contributed by atoms with Crippen LogP contribution in [-0.2, 0) is 28.3 Å². The molecule has 0 bridgehead atoms. The Morgan fingerprint density at radius 1 is 1.30 bits per heavy atom. The van der Waals surface area contributed by atoms with Gasteiger partial charge in [0.05, 0.1) is 30.4 Å². The second-order valence-electron chi connectivity index (χ2n) is 7.55. The number of amides is 1. The van der Waals surface area contributed by atoms with Gasteiger partial charge in [-0.25, -0.2) is 0 Å². The van der Waals surface area contributed by atoms with Gasteiger partial charge in [0, 0.05) is 37.9 Å². The fourth-order valence-electron chi connectivity index (χ4n) is 3.34. The number of aromatic nitrogens is 1. The minimum absolute atomic E-state index is 0.00314. The predicted molar refractivity (Wildman–Crippen MR) is 116 cm³/mol. The lowest BCUT2D eigenvalue weighted by Gasteiger charge is -2.29. The highest BCUT2D eigenvalue weighted by Gasteiger charge is 2.17. The van der Waals surface area contributed by atoms with Crippen molar-refractivity contribution in [3.05, 3.63) is 53.7 Å². The van der Waals surface area contributed by atoms with Crippen molar-refractivity contribution in [3.8, 4) is 0 Å². The van der Waals surface area contributed by atoms with E-state index in [2.05, 4.69) is 15.2 Å². The smallest absolute Gasteiger partial charge is 0.230 e. The molecule has 1 fully saturated rings. The van der Waals surface area contributed by atoms with Crippen LogP contribution in [0.1, 0.15) is 36.3 Å². The number of nitrogens with one attached hydrogen (secondary N) is 1. The van der Waals surface area contributed by atoms with Crippen LogP contribution in [0.2, 0.25) is 0 Å². The zero-order valence-electron chi connectivity index (χ0n) is 17.1. The van der Waals surface area contributed by atoms with E-state index >= 15 is 0 Å². The lowest BCUT2D eigenvalue weighted by Crippen LogP contribution is -2.35. The Hall–Kier alpha value is -2.16. The summed E-state index contributed by atoms with van der Waals surface area (Å²) in [6.07, 6.45) is 5.78. The lowest BCUT2D eigenvalue weighted by molar-refractivity contribution is -0.123. The minimum Gasteiger partial charge on any atom is -0.468 e. The molecule has 1 aliphatic rings. The summed E-state index contributed by atoms with van der Waals surface area (Å²) in [4.78, 5) is 30.7. The van der Waals surface area contributed by atoms with Crippen molar-refractivity contribution in [1.82, 2.24) is 15.2 Å². The van der Waals surface area contributed by atoms with Crippen LogP contribution in [0.5, 0.6) is 0 Å². The number of rotatable bonds is 11. The number of likely N-dealkylation sites (tertiary alicyclic amines) is 1. The molecule has 30 heavy (non-hydrogen) atoms. The summed E-state index contributed by atoms with van der Waals surface area (Å²) in [5, 5.41) is 12.3. The number of thioether (sulfide) groups is 1. The molecule has 0 aromatic carbocycles. The molecule has 1 aliphatic heterocycles. The maximum Gasteiger partial charge on any atom is 0.230 e. The van der Waals surface area contributed by atoms with Crippen molar-refractivity contribution in [2.45, 2.75) is 44.1 Å². The zero-order valence-corrected chi connectivity index (χ0v) is 17.9.